The number of rotatable bonds is 5. The second-order valence-electron chi connectivity index (χ2n) is 9.74. The van der Waals surface area contributed by atoms with Crippen LogP contribution in [0.4, 0.5) is 15.9 Å². The first-order valence-electron chi connectivity index (χ1n) is 12.5. The van der Waals surface area contributed by atoms with Gasteiger partial charge >= 0.3 is 5.63 Å². The molecule has 3 aromatic carbocycles. The summed E-state index contributed by atoms with van der Waals surface area (Å²) in [5.74, 6) is -0.384. The molecule has 0 aliphatic carbocycles. The summed E-state index contributed by atoms with van der Waals surface area (Å²) in [4.78, 5) is 23.7. The summed E-state index contributed by atoms with van der Waals surface area (Å²) in [5.41, 5.74) is 9.29. The number of hydrogen-bond acceptors (Lipinski definition) is 8. The van der Waals surface area contributed by atoms with Crippen LogP contribution in [0.25, 0.3) is 44.2 Å². The standard InChI is InChI=1S/C30H25FN6O3/c1-16(37-29-25(28(32)33-15-34-29)26(35-37)18-11-19(31)14-21(38)13-18)27-24(17-7-6-8-20(12-17)36(2)3)22-9-4-5-10-23(22)30(39)40-27/h4-16,38H,1-3H3,(H2,32,33,34). The van der Waals surface area contributed by atoms with Crippen molar-refractivity contribution in [2.24, 2.45) is 0 Å². The number of nitrogens with zero attached hydrogens (tertiary/aromatic N) is 5. The summed E-state index contributed by atoms with van der Waals surface area (Å²) in [6.07, 6.45) is 1.31. The Morgan fingerprint density at radius 2 is 1.77 bits per heavy atom. The molecular formula is C30H25FN6O3. The first-order valence-corrected chi connectivity index (χ1v) is 12.5. The lowest BCUT2D eigenvalue weighted by Gasteiger charge is -2.19. The number of hydrogen-bond donors (Lipinski definition) is 2. The summed E-state index contributed by atoms with van der Waals surface area (Å²) in [6, 6.07) is 18.2. The topological polar surface area (TPSA) is 123 Å². The van der Waals surface area contributed by atoms with Crippen LogP contribution in [0.1, 0.15) is 18.7 Å². The van der Waals surface area contributed by atoms with Crippen LogP contribution in [0.2, 0.25) is 0 Å². The highest BCUT2D eigenvalue weighted by atomic mass is 19.1. The van der Waals surface area contributed by atoms with Crippen LogP contribution < -0.4 is 16.3 Å². The minimum atomic E-state index is -0.650. The quantitative estimate of drug-likeness (QED) is 0.302. The van der Waals surface area contributed by atoms with Gasteiger partial charge in [-0.1, -0.05) is 30.3 Å². The van der Waals surface area contributed by atoms with E-state index < -0.39 is 17.5 Å². The third-order valence-corrected chi connectivity index (χ3v) is 6.94. The molecule has 3 heterocycles. The number of benzene rings is 3. The number of halogens is 1. The van der Waals surface area contributed by atoms with Crippen molar-refractivity contribution < 1.29 is 13.9 Å². The van der Waals surface area contributed by atoms with Crippen molar-refractivity contribution in [2.75, 3.05) is 24.7 Å². The van der Waals surface area contributed by atoms with Crippen LogP contribution in [0.3, 0.4) is 0 Å². The predicted octanol–water partition coefficient (Wildman–Crippen LogP) is 5.37. The Kier molecular flexibility index (Phi) is 5.95. The molecule has 0 fully saturated rings. The lowest BCUT2D eigenvalue weighted by Crippen LogP contribution is -2.15. The molecule has 0 aliphatic heterocycles. The first-order chi connectivity index (χ1) is 19.2. The Morgan fingerprint density at radius 1 is 1.00 bits per heavy atom. The maximum absolute atomic E-state index is 14.3. The zero-order chi connectivity index (χ0) is 28.1. The molecule has 0 saturated heterocycles. The van der Waals surface area contributed by atoms with E-state index in [1.807, 2.05) is 62.3 Å². The lowest BCUT2D eigenvalue weighted by molar-refractivity contribution is 0.405. The molecule has 200 valence electrons. The summed E-state index contributed by atoms with van der Waals surface area (Å²) in [7, 11) is 3.91. The number of nitrogen functional groups attached to an aromatic ring is 1. The molecule has 0 spiro atoms. The van der Waals surface area contributed by atoms with Crippen LogP contribution >= 0.6 is 0 Å². The van der Waals surface area contributed by atoms with Gasteiger partial charge in [0.1, 0.15) is 41.2 Å². The normalized spacial score (nSPS) is 12.2. The van der Waals surface area contributed by atoms with Crippen LogP contribution in [0, 0.1) is 5.82 Å². The Labute approximate surface area is 227 Å². The van der Waals surface area contributed by atoms with Crippen LogP contribution in [-0.2, 0) is 0 Å². The molecule has 0 bridgehead atoms. The number of anilines is 2. The first kappa shape index (κ1) is 25.1. The van der Waals surface area contributed by atoms with Crippen molar-refractivity contribution in [3.05, 3.63) is 95.1 Å². The Bertz CT molecular complexity index is 1960. The van der Waals surface area contributed by atoms with Gasteiger partial charge in [0.2, 0.25) is 0 Å². The summed E-state index contributed by atoms with van der Waals surface area (Å²) in [5, 5.41) is 16.4. The van der Waals surface area contributed by atoms with Crippen LogP contribution in [0.5, 0.6) is 5.75 Å². The van der Waals surface area contributed by atoms with E-state index in [2.05, 4.69) is 9.97 Å². The number of phenolic OH excluding ortho intramolecular Hbond substituents is 1. The zero-order valence-electron chi connectivity index (χ0n) is 22.0. The van der Waals surface area contributed by atoms with Crippen LogP contribution in [-0.4, -0.2) is 39.0 Å². The fourth-order valence-electron chi connectivity index (χ4n) is 5.04. The Hall–Kier alpha value is -5.25. The zero-order valence-corrected chi connectivity index (χ0v) is 22.0. The van der Waals surface area contributed by atoms with E-state index >= 15 is 0 Å². The average molecular weight is 537 g/mol. The van der Waals surface area contributed by atoms with Crippen LogP contribution in [0.15, 0.2) is 82.3 Å². The molecule has 3 N–H and O–H groups in total. The van der Waals surface area contributed by atoms with Gasteiger partial charge in [-0.25, -0.2) is 23.8 Å². The smallest absolute Gasteiger partial charge is 0.343 e. The minimum Gasteiger partial charge on any atom is -0.508 e. The molecule has 3 aromatic heterocycles. The summed E-state index contributed by atoms with van der Waals surface area (Å²) < 4.78 is 21.9. The second-order valence-corrected chi connectivity index (χ2v) is 9.74. The molecule has 1 atom stereocenters. The van der Waals surface area contributed by atoms with Gasteiger partial charge in [-0.2, -0.15) is 5.10 Å². The molecule has 40 heavy (non-hydrogen) atoms. The van der Waals surface area contributed by atoms with Crippen molar-refractivity contribution in [2.45, 2.75) is 13.0 Å². The SMILES string of the molecule is CC(c1oc(=O)c2ccccc2c1-c1cccc(N(C)C)c1)n1nc(-c2cc(O)cc(F)c2)c2c(N)ncnc21. The van der Waals surface area contributed by atoms with E-state index in [-0.39, 0.29) is 17.3 Å². The number of aromatic nitrogens is 4. The third-order valence-electron chi connectivity index (χ3n) is 6.94. The van der Waals surface area contributed by atoms with Gasteiger partial charge in [0.25, 0.3) is 0 Å². The molecule has 0 aliphatic rings. The van der Waals surface area contributed by atoms with E-state index in [0.717, 1.165) is 28.3 Å². The number of fused-ring (bicyclic) bond motifs is 2. The fraction of sp³-hybridized carbons (Fsp3) is 0.133. The largest absolute Gasteiger partial charge is 0.508 e. The molecule has 0 saturated carbocycles. The molecule has 10 heteroatoms. The monoisotopic (exact) mass is 536 g/mol. The van der Waals surface area contributed by atoms with Gasteiger partial charge in [-0.05, 0) is 42.8 Å². The fourth-order valence-corrected chi connectivity index (χ4v) is 5.04. The maximum atomic E-state index is 14.3. The number of phenols is 1. The number of aromatic hydroxyl groups is 1. The van der Waals surface area contributed by atoms with E-state index in [0.29, 0.717) is 27.7 Å². The predicted molar refractivity (Wildman–Crippen MR) is 153 cm³/mol. The van der Waals surface area contributed by atoms with E-state index in [9.17, 15) is 14.3 Å². The van der Waals surface area contributed by atoms with Crippen molar-refractivity contribution >= 4 is 33.3 Å². The second kappa shape index (κ2) is 9.49. The van der Waals surface area contributed by atoms with E-state index in [1.54, 1.807) is 16.8 Å². The lowest BCUT2D eigenvalue weighted by atomic mass is 9.95. The highest BCUT2D eigenvalue weighted by Gasteiger charge is 2.27. The number of nitrogens with two attached hydrogens (primary N) is 1. The maximum Gasteiger partial charge on any atom is 0.343 e. The van der Waals surface area contributed by atoms with E-state index in [4.69, 9.17) is 15.2 Å². The molecule has 0 radical (unpaired) electrons. The van der Waals surface area contributed by atoms with Gasteiger partial charge in [0, 0.05) is 42.4 Å². The van der Waals surface area contributed by atoms with Crippen molar-refractivity contribution in [1.82, 2.24) is 19.7 Å². The summed E-state index contributed by atoms with van der Waals surface area (Å²) in [6.45, 7) is 1.84. The Morgan fingerprint density at radius 3 is 2.52 bits per heavy atom. The van der Waals surface area contributed by atoms with Gasteiger partial charge in [0.15, 0.2) is 5.65 Å². The molecule has 6 aromatic rings. The van der Waals surface area contributed by atoms with Gasteiger partial charge in [-0.15, -0.1) is 0 Å². The highest BCUT2D eigenvalue weighted by Crippen LogP contribution is 2.39. The molecule has 6 rings (SSSR count). The summed E-state index contributed by atoms with van der Waals surface area (Å²) >= 11 is 0. The average Bonchev–Trinajstić information content (AvgIpc) is 3.33. The minimum absolute atomic E-state index is 0.140. The molecular weight excluding hydrogens is 511 g/mol. The van der Waals surface area contributed by atoms with Gasteiger partial charge in [0.05, 0.1) is 10.8 Å². The Balaban J connectivity index is 1.65. The highest BCUT2D eigenvalue weighted by molar-refractivity contribution is 5.99. The van der Waals surface area contributed by atoms with Gasteiger partial charge < -0.3 is 20.2 Å². The van der Waals surface area contributed by atoms with E-state index in [1.165, 1.54) is 18.5 Å². The molecule has 0 amide bonds. The van der Waals surface area contributed by atoms with Crippen molar-refractivity contribution in [3.63, 3.8) is 0 Å². The molecule has 9 nitrogen and oxygen atoms in total. The molecule has 1 unspecified atom stereocenters. The van der Waals surface area contributed by atoms with Gasteiger partial charge in [-0.3, -0.25) is 0 Å². The van der Waals surface area contributed by atoms with Crippen molar-refractivity contribution in [3.8, 4) is 28.1 Å². The van der Waals surface area contributed by atoms with Crippen molar-refractivity contribution in [1.29, 1.82) is 0 Å². The third kappa shape index (κ3) is 4.10.